The van der Waals surface area contributed by atoms with Gasteiger partial charge in [-0.25, -0.2) is 9.37 Å². The average molecular weight is 180 g/mol. The van der Waals surface area contributed by atoms with Gasteiger partial charge in [-0.15, -0.1) is 0 Å². The number of halogens is 1. The van der Waals surface area contributed by atoms with Gasteiger partial charge < -0.3 is 5.32 Å². The molecule has 0 aliphatic heterocycles. The number of anilines is 1. The molecule has 1 N–H and O–H groups in total. The first-order chi connectivity index (χ1) is 6.27. The number of hydrogen-bond acceptors (Lipinski definition) is 2. The van der Waals surface area contributed by atoms with Crippen molar-refractivity contribution in [3.8, 4) is 0 Å². The molecule has 1 fully saturated rings. The standard InChI is InChI=1S/C10H13FN2/c1-7(8-4-5-8)13-10-9(11)3-2-6-12-10/h2-3,6-8H,4-5H2,1H3,(H,12,13). The highest BCUT2D eigenvalue weighted by Crippen LogP contribution is 2.33. The molecule has 1 aromatic rings. The van der Waals surface area contributed by atoms with E-state index in [0.29, 0.717) is 17.8 Å². The molecule has 1 heterocycles. The predicted molar refractivity (Wildman–Crippen MR) is 50.0 cm³/mol. The Bertz CT molecular complexity index is 297. The van der Waals surface area contributed by atoms with E-state index in [4.69, 9.17) is 0 Å². The van der Waals surface area contributed by atoms with Crippen LogP contribution in [0.2, 0.25) is 0 Å². The minimum Gasteiger partial charge on any atom is -0.365 e. The summed E-state index contributed by atoms with van der Waals surface area (Å²) in [4.78, 5) is 3.94. The smallest absolute Gasteiger partial charge is 0.165 e. The third-order valence-corrected chi connectivity index (χ3v) is 2.45. The quantitative estimate of drug-likeness (QED) is 0.772. The van der Waals surface area contributed by atoms with E-state index in [0.717, 1.165) is 0 Å². The van der Waals surface area contributed by atoms with Crippen LogP contribution >= 0.6 is 0 Å². The molecule has 0 bridgehead atoms. The van der Waals surface area contributed by atoms with Gasteiger partial charge >= 0.3 is 0 Å². The maximum Gasteiger partial charge on any atom is 0.165 e. The van der Waals surface area contributed by atoms with Crippen molar-refractivity contribution in [3.05, 3.63) is 24.1 Å². The van der Waals surface area contributed by atoms with E-state index >= 15 is 0 Å². The fraction of sp³-hybridized carbons (Fsp3) is 0.500. The van der Waals surface area contributed by atoms with E-state index in [-0.39, 0.29) is 5.82 Å². The molecule has 3 heteroatoms. The number of rotatable bonds is 3. The van der Waals surface area contributed by atoms with Crippen LogP contribution in [-0.4, -0.2) is 11.0 Å². The third-order valence-electron chi connectivity index (χ3n) is 2.45. The Morgan fingerprint density at radius 3 is 3.00 bits per heavy atom. The number of hydrogen-bond donors (Lipinski definition) is 1. The van der Waals surface area contributed by atoms with Crippen LogP contribution in [0.3, 0.4) is 0 Å². The van der Waals surface area contributed by atoms with Crippen molar-refractivity contribution < 1.29 is 4.39 Å². The van der Waals surface area contributed by atoms with Crippen molar-refractivity contribution in [2.75, 3.05) is 5.32 Å². The van der Waals surface area contributed by atoms with Gasteiger partial charge in [0.1, 0.15) is 0 Å². The SMILES string of the molecule is CC(Nc1ncccc1F)C1CC1. The van der Waals surface area contributed by atoms with Crippen molar-refractivity contribution in [2.45, 2.75) is 25.8 Å². The molecule has 1 unspecified atom stereocenters. The minimum absolute atomic E-state index is 0.269. The van der Waals surface area contributed by atoms with E-state index in [1.54, 1.807) is 12.3 Å². The zero-order chi connectivity index (χ0) is 9.26. The molecule has 1 aromatic heterocycles. The van der Waals surface area contributed by atoms with Gasteiger partial charge in [0.25, 0.3) is 0 Å². The van der Waals surface area contributed by atoms with Gasteiger partial charge in [-0.2, -0.15) is 0 Å². The Morgan fingerprint density at radius 1 is 1.62 bits per heavy atom. The summed E-state index contributed by atoms with van der Waals surface area (Å²) in [5.74, 6) is 0.818. The van der Waals surface area contributed by atoms with E-state index in [9.17, 15) is 4.39 Å². The van der Waals surface area contributed by atoms with E-state index in [2.05, 4.69) is 17.2 Å². The van der Waals surface area contributed by atoms with Gasteiger partial charge in [-0.3, -0.25) is 0 Å². The average Bonchev–Trinajstić information content (AvgIpc) is 2.91. The second-order valence-electron chi connectivity index (χ2n) is 3.60. The maximum absolute atomic E-state index is 13.1. The molecule has 2 nitrogen and oxygen atoms in total. The Morgan fingerprint density at radius 2 is 2.38 bits per heavy atom. The number of pyridine rings is 1. The largest absolute Gasteiger partial charge is 0.365 e. The van der Waals surface area contributed by atoms with Gasteiger partial charge in [0.15, 0.2) is 11.6 Å². The van der Waals surface area contributed by atoms with Crippen LogP contribution in [-0.2, 0) is 0 Å². The lowest BCUT2D eigenvalue weighted by Gasteiger charge is -2.13. The minimum atomic E-state index is -0.269. The highest BCUT2D eigenvalue weighted by atomic mass is 19.1. The van der Waals surface area contributed by atoms with E-state index in [1.165, 1.54) is 18.9 Å². The van der Waals surface area contributed by atoms with E-state index in [1.807, 2.05) is 0 Å². The lowest BCUT2D eigenvalue weighted by atomic mass is 10.2. The second kappa shape index (κ2) is 3.32. The molecule has 70 valence electrons. The Hall–Kier alpha value is -1.12. The Balaban J connectivity index is 2.03. The zero-order valence-corrected chi connectivity index (χ0v) is 7.63. The van der Waals surface area contributed by atoms with Gasteiger partial charge in [0.2, 0.25) is 0 Å². The molecule has 1 aliphatic carbocycles. The van der Waals surface area contributed by atoms with Crippen LogP contribution in [0.1, 0.15) is 19.8 Å². The molecule has 0 saturated heterocycles. The van der Waals surface area contributed by atoms with Gasteiger partial charge in [0.05, 0.1) is 0 Å². The molecular weight excluding hydrogens is 167 g/mol. The van der Waals surface area contributed by atoms with Crippen molar-refractivity contribution in [3.63, 3.8) is 0 Å². The van der Waals surface area contributed by atoms with Crippen LogP contribution in [0.4, 0.5) is 10.2 Å². The first kappa shape index (κ1) is 8.48. The molecule has 1 atom stereocenters. The number of aromatic nitrogens is 1. The molecule has 1 saturated carbocycles. The summed E-state index contributed by atoms with van der Waals surface area (Å²) in [6, 6.07) is 3.36. The Kier molecular flexibility index (Phi) is 2.17. The fourth-order valence-electron chi connectivity index (χ4n) is 1.42. The van der Waals surface area contributed by atoms with Gasteiger partial charge in [0, 0.05) is 12.2 Å². The summed E-state index contributed by atoms with van der Waals surface area (Å²) in [6.07, 6.45) is 4.11. The summed E-state index contributed by atoms with van der Waals surface area (Å²) < 4.78 is 13.1. The lowest BCUT2D eigenvalue weighted by Crippen LogP contribution is -2.18. The van der Waals surface area contributed by atoms with Crippen LogP contribution in [0.5, 0.6) is 0 Å². The predicted octanol–water partition coefficient (Wildman–Crippen LogP) is 2.43. The van der Waals surface area contributed by atoms with Crippen molar-refractivity contribution in [2.24, 2.45) is 5.92 Å². The zero-order valence-electron chi connectivity index (χ0n) is 7.63. The molecule has 0 radical (unpaired) electrons. The first-order valence-electron chi connectivity index (χ1n) is 4.64. The summed E-state index contributed by atoms with van der Waals surface area (Å²) in [6.45, 7) is 2.08. The third kappa shape index (κ3) is 1.97. The molecular formula is C10H13FN2. The molecule has 2 rings (SSSR count). The normalized spacial score (nSPS) is 18.3. The Labute approximate surface area is 77.2 Å². The summed E-state index contributed by atoms with van der Waals surface area (Å²) >= 11 is 0. The molecule has 1 aliphatic rings. The van der Waals surface area contributed by atoms with Crippen molar-refractivity contribution in [1.29, 1.82) is 0 Å². The van der Waals surface area contributed by atoms with Crippen LogP contribution in [0.25, 0.3) is 0 Å². The van der Waals surface area contributed by atoms with E-state index < -0.39 is 0 Å². The van der Waals surface area contributed by atoms with Crippen LogP contribution in [0.15, 0.2) is 18.3 Å². The van der Waals surface area contributed by atoms with Crippen LogP contribution in [0, 0.1) is 11.7 Å². The fourth-order valence-corrected chi connectivity index (χ4v) is 1.42. The lowest BCUT2D eigenvalue weighted by molar-refractivity contribution is 0.612. The highest BCUT2D eigenvalue weighted by Gasteiger charge is 2.28. The summed E-state index contributed by atoms with van der Waals surface area (Å²) in [7, 11) is 0. The van der Waals surface area contributed by atoms with Gasteiger partial charge in [-0.1, -0.05) is 0 Å². The van der Waals surface area contributed by atoms with Crippen molar-refractivity contribution in [1.82, 2.24) is 4.98 Å². The molecule has 0 spiro atoms. The highest BCUT2D eigenvalue weighted by molar-refractivity contribution is 5.36. The number of nitrogens with one attached hydrogen (secondary N) is 1. The molecule has 13 heavy (non-hydrogen) atoms. The van der Waals surface area contributed by atoms with Crippen LogP contribution < -0.4 is 5.32 Å². The first-order valence-corrected chi connectivity index (χ1v) is 4.64. The maximum atomic E-state index is 13.1. The van der Waals surface area contributed by atoms with Crippen molar-refractivity contribution >= 4 is 5.82 Å². The summed E-state index contributed by atoms with van der Waals surface area (Å²) in [5.41, 5.74) is 0. The second-order valence-corrected chi connectivity index (χ2v) is 3.60. The topological polar surface area (TPSA) is 24.9 Å². The molecule has 0 amide bonds. The molecule has 0 aromatic carbocycles. The monoisotopic (exact) mass is 180 g/mol. The van der Waals surface area contributed by atoms with Gasteiger partial charge in [-0.05, 0) is 37.8 Å². The number of nitrogens with zero attached hydrogens (tertiary/aromatic N) is 1. The summed E-state index contributed by atoms with van der Waals surface area (Å²) in [5, 5.41) is 3.09.